The van der Waals surface area contributed by atoms with Gasteiger partial charge in [0.1, 0.15) is 5.75 Å². The smallest absolute Gasteiger partial charge is 0.254 e. The normalized spacial score (nSPS) is 15.0. The number of phenolic OH excluding ortho intramolecular Hbond substituents is 1. The van der Waals surface area contributed by atoms with Gasteiger partial charge in [-0.1, -0.05) is 24.3 Å². The van der Waals surface area contributed by atoms with Crippen molar-refractivity contribution in [2.75, 3.05) is 31.1 Å². The summed E-state index contributed by atoms with van der Waals surface area (Å²) in [5, 5.41) is 9.60. The number of para-hydroxylation sites is 1. The monoisotopic (exact) mass is 296 g/mol. The van der Waals surface area contributed by atoms with Gasteiger partial charge in [-0.2, -0.15) is 0 Å². The highest BCUT2D eigenvalue weighted by Gasteiger charge is 2.23. The number of piperazine rings is 1. The van der Waals surface area contributed by atoms with E-state index in [0.29, 0.717) is 18.7 Å². The van der Waals surface area contributed by atoms with Gasteiger partial charge in [0.15, 0.2) is 0 Å². The van der Waals surface area contributed by atoms with Gasteiger partial charge in [-0.15, -0.1) is 0 Å². The zero-order valence-electron chi connectivity index (χ0n) is 12.7. The number of aromatic hydroxyl groups is 1. The second kappa shape index (κ2) is 6.10. The van der Waals surface area contributed by atoms with E-state index in [4.69, 9.17) is 0 Å². The summed E-state index contributed by atoms with van der Waals surface area (Å²) >= 11 is 0. The maximum atomic E-state index is 12.6. The molecule has 114 valence electrons. The predicted molar refractivity (Wildman–Crippen MR) is 87.4 cm³/mol. The predicted octanol–water partition coefficient (Wildman–Crippen LogP) is 2.66. The van der Waals surface area contributed by atoms with Crippen molar-refractivity contribution >= 4 is 11.6 Å². The molecule has 1 fully saturated rings. The van der Waals surface area contributed by atoms with Gasteiger partial charge in [0.25, 0.3) is 5.91 Å². The topological polar surface area (TPSA) is 43.8 Å². The maximum Gasteiger partial charge on any atom is 0.254 e. The first-order chi connectivity index (χ1) is 10.6. The molecule has 1 heterocycles. The average Bonchev–Trinajstić information content (AvgIpc) is 2.57. The van der Waals surface area contributed by atoms with Crippen molar-refractivity contribution in [2.24, 2.45) is 0 Å². The summed E-state index contributed by atoms with van der Waals surface area (Å²) in [7, 11) is 0. The first kappa shape index (κ1) is 14.4. The van der Waals surface area contributed by atoms with Crippen molar-refractivity contribution in [3.05, 3.63) is 59.7 Å². The van der Waals surface area contributed by atoms with E-state index in [9.17, 15) is 9.90 Å². The Morgan fingerprint density at radius 2 is 1.68 bits per heavy atom. The Labute approximate surface area is 130 Å². The molecule has 4 heteroatoms. The van der Waals surface area contributed by atoms with Crippen molar-refractivity contribution in [1.29, 1.82) is 0 Å². The third-order valence-electron chi connectivity index (χ3n) is 4.14. The maximum absolute atomic E-state index is 12.6. The van der Waals surface area contributed by atoms with Gasteiger partial charge in [0, 0.05) is 37.4 Å². The van der Waals surface area contributed by atoms with Crippen molar-refractivity contribution in [1.82, 2.24) is 4.90 Å². The van der Waals surface area contributed by atoms with Crippen LogP contribution in [0.1, 0.15) is 15.9 Å². The Bertz CT molecular complexity index is 662. The van der Waals surface area contributed by atoms with Crippen LogP contribution in [0.25, 0.3) is 0 Å². The Morgan fingerprint density at radius 3 is 2.36 bits per heavy atom. The highest BCUT2D eigenvalue weighted by molar-refractivity contribution is 5.96. The van der Waals surface area contributed by atoms with E-state index in [1.165, 1.54) is 5.69 Å². The number of hydrogen-bond donors (Lipinski definition) is 1. The zero-order chi connectivity index (χ0) is 15.5. The summed E-state index contributed by atoms with van der Waals surface area (Å²) in [5.41, 5.74) is 2.68. The fraction of sp³-hybridized carbons (Fsp3) is 0.278. The minimum atomic E-state index is 0.00103. The number of benzene rings is 2. The lowest BCUT2D eigenvalue weighted by molar-refractivity contribution is 0.0745. The van der Waals surface area contributed by atoms with E-state index in [1.54, 1.807) is 18.2 Å². The number of amides is 1. The average molecular weight is 296 g/mol. The van der Waals surface area contributed by atoms with Crippen LogP contribution in [0.4, 0.5) is 5.69 Å². The first-order valence-electron chi connectivity index (χ1n) is 7.54. The van der Waals surface area contributed by atoms with E-state index in [1.807, 2.05) is 30.0 Å². The molecule has 1 saturated heterocycles. The highest BCUT2D eigenvalue weighted by atomic mass is 16.3. The molecule has 2 aromatic carbocycles. The lowest BCUT2D eigenvalue weighted by Gasteiger charge is -2.36. The van der Waals surface area contributed by atoms with Gasteiger partial charge in [-0.3, -0.25) is 4.79 Å². The summed E-state index contributed by atoms with van der Waals surface area (Å²) in [5.74, 6) is 0.137. The van der Waals surface area contributed by atoms with Gasteiger partial charge in [0.2, 0.25) is 0 Å². The van der Waals surface area contributed by atoms with Crippen molar-refractivity contribution in [3.63, 3.8) is 0 Å². The molecule has 22 heavy (non-hydrogen) atoms. The lowest BCUT2D eigenvalue weighted by Crippen LogP contribution is -2.48. The quantitative estimate of drug-likeness (QED) is 0.926. The van der Waals surface area contributed by atoms with E-state index in [0.717, 1.165) is 18.7 Å². The SMILES string of the molecule is Cc1ccc(O)cc1C(=O)N1CCN(c2ccccc2)CC1. The molecule has 0 atom stereocenters. The number of aryl methyl sites for hydroxylation is 1. The molecule has 1 aliphatic heterocycles. The second-order valence-electron chi connectivity index (χ2n) is 5.61. The molecule has 0 radical (unpaired) electrons. The molecule has 0 spiro atoms. The number of phenols is 1. The number of carbonyl (C=O) groups is 1. The number of nitrogens with zero attached hydrogens (tertiary/aromatic N) is 2. The molecule has 4 nitrogen and oxygen atoms in total. The standard InChI is InChI=1S/C18H20N2O2/c1-14-7-8-16(21)13-17(14)18(22)20-11-9-19(10-12-20)15-5-3-2-4-6-15/h2-8,13,21H,9-12H2,1H3. The van der Waals surface area contributed by atoms with Crippen LogP contribution < -0.4 is 4.90 Å². The summed E-state index contributed by atoms with van der Waals surface area (Å²) < 4.78 is 0. The largest absolute Gasteiger partial charge is 0.508 e. The zero-order valence-corrected chi connectivity index (χ0v) is 12.7. The van der Waals surface area contributed by atoms with E-state index in [-0.39, 0.29) is 11.7 Å². The van der Waals surface area contributed by atoms with E-state index in [2.05, 4.69) is 17.0 Å². The van der Waals surface area contributed by atoms with Gasteiger partial charge < -0.3 is 14.9 Å². The fourth-order valence-corrected chi connectivity index (χ4v) is 2.82. The summed E-state index contributed by atoms with van der Waals surface area (Å²) in [6.07, 6.45) is 0. The molecule has 1 aliphatic rings. The molecular weight excluding hydrogens is 276 g/mol. The van der Waals surface area contributed by atoms with Crippen LogP contribution in [0.5, 0.6) is 5.75 Å². The Hall–Kier alpha value is -2.49. The van der Waals surface area contributed by atoms with Crippen LogP contribution in [-0.4, -0.2) is 42.1 Å². The van der Waals surface area contributed by atoms with Crippen LogP contribution in [0.3, 0.4) is 0 Å². The summed E-state index contributed by atoms with van der Waals surface area (Å²) in [6, 6.07) is 15.2. The Kier molecular flexibility index (Phi) is 4.00. The molecule has 1 N–H and O–H groups in total. The van der Waals surface area contributed by atoms with Crippen molar-refractivity contribution < 1.29 is 9.90 Å². The van der Waals surface area contributed by atoms with Crippen LogP contribution in [-0.2, 0) is 0 Å². The summed E-state index contributed by atoms with van der Waals surface area (Å²) in [4.78, 5) is 16.8. The third-order valence-corrected chi connectivity index (χ3v) is 4.14. The van der Waals surface area contributed by atoms with Crippen molar-refractivity contribution in [3.8, 4) is 5.75 Å². The molecule has 0 aromatic heterocycles. The lowest BCUT2D eigenvalue weighted by atomic mass is 10.1. The number of anilines is 1. The third kappa shape index (κ3) is 2.91. The second-order valence-corrected chi connectivity index (χ2v) is 5.61. The van der Waals surface area contributed by atoms with Gasteiger partial charge in [-0.25, -0.2) is 0 Å². The van der Waals surface area contributed by atoms with Gasteiger partial charge >= 0.3 is 0 Å². The molecule has 0 saturated carbocycles. The molecule has 0 bridgehead atoms. The Morgan fingerprint density at radius 1 is 1.00 bits per heavy atom. The number of rotatable bonds is 2. The fourth-order valence-electron chi connectivity index (χ4n) is 2.82. The summed E-state index contributed by atoms with van der Waals surface area (Å²) in [6.45, 7) is 4.94. The van der Waals surface area contributed by atoms with Gasteiger partial charge in [-0.05, 0) is 36.8 Å². The van der Waals surface area contributed by atoms with Crippen LogP contribution in [0, 0.1) is 6.92 Å². The van der Waals surface area contributed by atoms with Crippen molar-refractivity contribution in [2.45, 2.75) is 6.92 Å². The van der Waals surface area contributed by atoms with Crippen LogP contribution >= 0.6 is 0 Å². The molecule has 0 unspecified atom stereocenters. The molecule has 3 rings (SSSR count). The molecule has 1 amide bonds. The Balaban J connectivity index is 1.68. The molecule has 0 aliphatic carbocycles. The van der Waals surface area contributed by atoms with Gasteiger partial charge in [0.05, 0.1) is 0 Å². The molecular formula is C18H20N2O2. The minimum Gasteiger partial charge on any atom is -0.508 e. The van der Waals surface area contributed by atoms with E-state index >= 15 is 0 Å². The first-order valence-corrected chi connectivity index (χ1v) is 7.54. The van der Waals surface area contributed by atoms with Crippen LogP contribution in [0.2, 0.25) is 0 Å². The number of carbonyl (C=O) groups excluding carboxylic acids is 1. The van der Waals surface area contributed by atoms with E-state index < -0.39 is 0 Å². The van der Waals surface area contributed by atoms with Crippen LogP contribution in [0.15, 0.2) is 48.5 Å². The highest BCUT2D eigenvalue weighted by Crippen LogP contribution is 2.20. The molecule has 2 aromatic rings. The number of hydrogen-bond acceptors (Lipinski definition) is 3. The minimum absolute atomic E-state index is 0.00103.